The largest absolute Gasteiger partial charge is 0.339 e. The first-order valence-electron chi connectivity index (χ1n) is 6.77. The lowest BCUT2D eigenvalue weighted by Crippen LogP contribution is -2.19. The Balaban J connectivity index is 2.66. The summed E-state index contributed by atoms with van der Waals surface area (Å²) in [6.07, 6.45) is 0.956. The zero-order valence-electron chi connectivity index (χ0n) is 13.0. The first-order chi connectivity index (χ1) is 8.61. The van der Waals surface area contributed by atoms with Crippen LogP contribution in [0.4, 0.5) is 0 Å². The van der Waals surface area contributed by atoms with Crippen molar-refractivity contribution < 1.29 is 4.52 Å². The molecule has 0 aliphatic rings. The van der Waals surface area contributed by atoms with Crippen molar-refractivity contribution in [3.05, 3.63) is 11.7 Å². The van der Waals surface area contributed by atoms with Crippen LogP contribution in [-0.2, 0) is 5.75 Å². The van der Waals surface area contributed by atoms with E-state index in [1.807, 2.05) is 11.8 Å². The monoisotopic (exact) mass is 285 g/mol. The van der Waals surface area contributed by atoms with Gasteiger partial charge in [0.25, 0.3) is 0 Å². The average Bonchev–Trinajstić information content (AvgIpc) is 2.69. The molecule has 0 spiro atoms. The second-order valence-electron chi connectivity index (χ2n) is 7.15. The zero-order valence-corrected chi connectivity index (χ0v) is 13.8. The first kappa shape index (κ1) is 16.5. The SMILES string of the molecule is CC(C)(C)CC(CN)c1nc(CSC(C)(C)C)no1. The van der Waals surface area contributed by atoms with E-state index in [2.05, 4.69) is 51.7 Å². The van der Waals surface area contributed by atoms with Crippen LogP contribution < -0.4 is 5.73 Å². The average molecular weight is 285 g/mol. The predicted molar refractivity (Wildman–Crippen MR) is 81.2 cm³/mol. The molecule has 0 fully saturated rings. The Bertz CT molecular complexity index is 390. The van der Waals surface area contributed by atoms with Crippen LogP contribution >= 0.6 is 11.8 Å². The van der Waals surface area contributed by atoms with E-state index >= 15 is 0 Å². The lowest BCUT2D eigenvalue weighted by molar-refractivity contribution is 0.286. The second kappa shape index (κ2) is 6.27. The van der Waals surface area contributed by atoms with Gasteiger partial charge in [-0.2, -0.15) is 4.98 Å². The van der Waals surface area contributed by atoms with Crippen molar-refractivity contribution in [3.63, 3.8) is 0 Å². The van der Waals surface area contributed by atoms with E-state index in [0.717, 1.165) is 18.0 Å². The quantitative estimate of drug-likeness (QED) is 0.895. The van der Waals surface area contributed by atoms with Crippen LogP contribution in [0.2, 0.25) is 0 Å². The maximum atomic E-state index is 5.83. The summed E-state index contributed by atoms with van der Waals surface area (Å²) in [7, 11) is 0. The molecule has 110 valence electrons. The molecule has 0 aliphatic heterocycles. The molecule has 1 aromatic heterocycles. The summed E-state index contributed by atoms with van der Waals surface area (Å²) >= 11 is 1.82. The number of hydrogen-bond donors (Lipinski definition) is 1. The van der Waals surface area contributed by atoms with Crippen molar-refractivity contribution in [2.24, 2.45) is 11.1 Å². The van der Waals surface area contributed by atoms with Crippen molar-refractivity contribution >= 4 is 11.8 Å². The molecule has 1 heterocycles. The number of nitrogens with zero attached hydrogens (tertiary/aromatic N) is 2. The Kier molecular flexibility index (Phi) is 5.44. The van der Waals surface area contributed by atoms with Gasteiger partial charge < -0.3 is 10.3 Å². The molecular weight excluding hydrogens is 258 g/mol. The van der Waals surface area contributed by atoms with Gasteiger partial charge in [-0.05, 0) is 11.8 Å². The van der Waals surface area contributed by atoms with Crippen molar-refractivity contribution in [2.45, 2.75) is 64.4 Å². The molecule has 19 heavy (non-hydrogen) atoms. The molecule has 0 bridgehead atoms. The third-order valence-corrected chi connectivity index (χ3v) is 3.88. The summed E-state index contributed by atoms with van der Waals surface area (Å²) in [6, 6.07) is 0. The van der Waals surface area contributed by atoms with Crippen LogP contribution in [0.25, 0.3) is 0 Å². The fraction of sp³-hybridized carbons (Fsp3) is 0.857. The minimum absolute atomic E-state index is 0.154. The molecule has 1 rings (SSSR count). The number of rotatable bonds is 5. The zero-order chi connectivity index (χ0) is 14.7. The Morgan fingerprint density at radius 3 is 2.32 bits per heavy atom. The molecule has 1 unspecified atom stereocenters. The van der Waals surface area contributed by atoms with Crippen molar-refractivity contribution in [3.8, 4) is 0 Å². The van der Waals surface area contributed by atoms with Crippen LogP contribution in [0.15, 0.2) is 4.52 Å². The first-order valence-corrected chi connectivity index (χ1v) is 7.76. The summed E-state index contributed by atoms with van der Waals surface area (Å²) in [5.41, 5.74) is 6.04. The predicted octanol–water partition coefficient (Wildman–Crippen LogP) is 3.58. The highest BCUT2D eigenvalue weighted by Crippen LogP contribution is 2.31. The lowest BCUT2D eigenvalue weighted by Gasteiger charge is -2.22. The number of thioether (sulfide) groups is 1. The van der Waals surface area contributed by atoms with E-state index < -0.39 is 0 Å². The Labute approximate surface area is 120 Å². The van der Waals surface area contributed by atoms with Crippen LogP contribution in [0.5, 0.6) is 0 Å². The van der Waals surface area contributed by atoms with E-state index in [1.165, 1.54) is 0 Å². The standard InChI is InChI=1S/C14H27N3OS/c1-13(2,3)7-10(8-15)12-16-11(17-18-12)9-19-14(4,5)6/h10H,7-9,15H2,1-6H3. The van der Waals surface area contributed by atoms with Gasteiger partial charge in [0.05, 0.1) is 11.7 Å². The Morgan fingerprint density at radius 2 is 1.84 bits per heavy atom. The molecule has 0 amide bonds. The number of hydrogen-bond acceptors (Lipinski definition) is 5. The molecule has 5 heteroatoms. The lowest BCUT2D eigenvalue weighted by atomic mass is 9.84. The van der Waals surface area contributed by atoms with Gasteiger partial charge in [-0.25, -0.2) is 0 Å². The highest BCUT2D eigenvalue weighted by molar-refractivity contribution is 7.99. The van der Waals surface area contributed by atoms with Gasteiger partial charge in [-0.1, -0.05) is 46.7 Å². The summed E-state index contributed by atoms with van der Waals surface area (Å²) in [5, 5.41) is 4.06. The maximum absolute atomic E-state index is 5.83. The highest BCUT2D eigenvalue weighted by atomic mass is 32.2. The summed E-state index contributed by atoms with van der Waals surface area (Å²) < 4.78 is 5.58. The summed E-state index contributed by atoms with van der Waals surface area (Å²) in [4.78, 5) is 4.49. The van der Waals surface area contributed by atoms with Gasteiger partial charge in [0.15, 0.2) is 5.82 Å². The van der Waals surface area contributed by atoms with Crippen LogP contribution in [0.3, 0.4) is 0 Å². The topological polar surface area (TPSA) is 64.9 Å². The molecular formula is C14H27N3OS. The molecule has 0 radical (unpaired) electrons. The van der Waals surface area contributed by atoms with Gasteiger partial charge >= 0.3 is 0 Å². The third kappa shape index (κ3) is 6.43. The number of aromatic nitrogens is 2. The summed E-state index contributed by atoms with van der Waals surface area (Å²) in [6.45, 7) is 13.7. The summed E-state index contributed by atoms with van der Waals surface area (Å²) in [5.74, 6) is 2.38. The second-order valence-corrected chi connectivity index (χ2v) is 8.95. The minimum atomic E-state index is 0.154. The van der Waals surface area contributed by atoms with Crippen LogP contribution in [-0.4, -0.2) is 21.4 Å². The molecule has 0 aliphatic carbocycles. The fourth-order valence-corrected chi connectivity index (χ4v) is 2.46. The highest BCUT2D eigenvalue weighted by Gasteiger charge is 2.24. The molecule has 1 aromatic rings. The van der Waals surface area contributed by atoms with E-state index in [-0.39, 0.29) is 16.1 Å². The number of nitrogens with two attached hydrogens (primary N) is 1. The van der Waals surface area contributed by atoms with Gasteiger partial charge in [-0.3, -0.25) is 0 Å². The normalized spacial score (nSPS) is 14.7. The molecule has 0 saturated heterocycles. The van der Waals surface area contributed by atoms with Crippen LogP contribution in [0, 0.1) is 5.41 Å². The van der Waals surface area contributed by atoms with Crippen LogP contribution in [0.1, 0.15) is 65.6 Å². The maximum Gasteiger partial charge on any atom is 0.231 e. The van der Waals surface area contributed by atoms with E-state index in [4.69, 9.17) is 10.3 Å². The molecule has 0 saturated carbocycles. The van der Waals surface area contributed by atoms with E-state index in [9.17, 15) is 0 Å². The fourth-order valence-electron chi connectivity index (χ4n) is 1.78. The Morgan fingerprint density at radius 1 is 1.21 bits per heavy atom. The van der Waals surface area contributed by atoms with E-state index in [0.29, 0.717) is 12.4 Å². The van der Waals surface area contributed by atoms with Gasteiger partial charge in [0.2, 0.25) is 5.89 Å². The van der Waals surface area contributed by atoms with Crippen molar-refractivity contribution in [2.75, 3.05) is 6.54 Å². The molecule has 1 atom stereocenters. The van der Waals surface area contributed by atoms with Gasteiger partial charge in [-0.15, -0.1) is 11.8 Å². The van der Waals surface area contributed by atoms with Gasteiger partial charge in [0, 0.05) is 11.3 Å². The third-order valence-electron chi connectivity index (χ3n) is 2.61. The van der Waals surface area contributed by atoms with E-state index in [1.54, 1.807) is 0 Å². The minimum Gasteiger partial charge on any atom is -0.339 e. The van der Waals surface area contributed by atoms with Crippen molar-refractivity contribution in [1.82, 2.24) is 10.1 Å². The molecule has 0 aromatic carbocycles. The molecule has 4 nitrogen and oxygen atoms in total. The Hall–Kier alpha value is -0.550. The van der Waals surface area contributed by atoms with Crippen molar-refractivity contribution in [1.29, 1.82) is 0 Å². The smallest absolute Gasteiger partial charge is 0.231 e. The molecule has 2 N–H and O–H groups in total. The van der Waals surface area contributed by atoms with Gasteiger partial charge in [0.1, 0.15) is 0 Å².